The number of aromatic nitrogens is 4. The van der Waals surface area contributed by atoms with Crippen LogP contribution in [0.1, 0.15) is 24.6 Å². The van der Waals surface area contributed by atoms with Crippen LogP contribution in [0.15, 0.2) is 58.7 Å². The molecule has 0 bridgehead atoms. The second kappa shape index (κ2) is 9.88. The largest absolute Gasteiger partial charge is 0.598 e. The number of hydrogen-bond acceptors (Lipinski definition) is 7. The summed E-state index contributed by atoms with van der Waals surface area (Å²) in [5.41, 5.74) is 11.5. The number of pyridine rings is 2. The monoisotopic (exact) mass is 503 g/mol. The molecule has 0 saturated carbocycles. The van der Waals surface area contributed by atoms with E-state index in [-0.39, 0.29) is 11.7 Å². The van der Waals surface area contributed by atoms with Crippen LogP contribution in [-0.4, -0.2) is 60.6 Å². The fraction of sp³-hybridized carbons (Fsp3) is 0.308. The molecule has 1 aliphatic heterocycles. The summed E-state index contributed by atoms with van der Waals surface area (Å²) in [6, 6.07) is 9.91. The fourth-order valence-electron chi connectivity index (χ4n) is 4.98. The van der Waals surface area contributed by atoms with Crippen molar-refractivity contribution >= 4 is 45.1 Å². The van der Waals surface area contributed by atoms with E-state index in [9.17, 15) is 9.35 Å². The summed E-state index contributed by atoms with van der Waals surface area (Å²) in [6.07, 6.45) is 10.2. The van der Waals surface area contributed by atoms with Gasteiger partial charge in [-0.05, 0) is 36.6 Å². The van der Waals surface area contributed by atoms with Gasteiger partial charge in [0.25, 0.3) is 0 Å². The smallest absolute Gasteiger partial charge is 0.329 e. The van der Waals surface area contributed by atoms with Gasteiger partial charge in [0.2, 0.25) is 0 Å². The molecule has 0 spiro atoms. The van der Waals surface area contributed by atoms with Crippen molar-refractivity contribution in [3.05, 3.63) is 65.1 Å². The predicted octanol–water partition coefficient (Wildman–Crippen LogP) is 2.88. The molecule has 1 aromatic carbocycles. The van der Waals surface area contributed by atoms with Crippen molar-refractivity contribution < 1.29 is 4.55 Å². The molecule has 1 fully saturated rings. The normalized spacial score (nSPS) is 18.4. The summed E-state index contributed by atoms with van der Waals surface area (Å²) in [5.74, 6) is 0. The third-order valence-corrected chi connectivity index (χ3v) is 7.90. The zero-order valence-corrected chi connectivity index (χ0v) is 21.4. The summed E-state index contributed by atoms with van der Waals surface area (Å²) >= 11 is -1.07. The van der Waals surface area contributed by atoms with Crippen molar-refractivity contribution in [3.63, 3.8) is 0 Å². The van der Waals surface area contributed by atoms with E-state index < -0.39 is 11.4 Å². The molecule has 10 heteroatoms. The first kappa shape index (κ1) is 24.2. The Hall–Kier alpha value is -3.47. The number of allylic oxidation sites excluding steroid dienone is 1. The third-order valence-electron chi connectivity index (χ3n) is 6.84. The summed E-state index contributed by atoms with van der Waals surface area (Å²) in [4.78, 5) is 26.6. The van der Waals surface area contributed by atoms with Gasteiger partial charge in [-0.15, -0.1) is 4.31 Å². The van der Waals surface area contributed by atoms with E-state index in [4.69, 9.17) is 5.73 Å². The molecule has 1 saturated heterocycles. The van der Waals surface area contributed by atoms with E-state index in [2.05, 4.69) is 21.0 Å². The molecule has 4 aromatic rings. The first-order valence-corrected chi connectivity index (χ1v) is 13.3. The molecule has 2 N–H and O–H groups in total. The number of nitrogens with two attached hydrogens (primary N) is 1. The summed E-state index contributed by atoms with van der Waals surface area (Å²) in [7, 11) is 3.47. The summed E-state index contributed by atoms with van der Waals surface area (Å²) < 4.78 is 17.7. The molecule has 4 heterocycles. The first-order valence-electron chi connectivity index (χ1n) is 11.8. The molecule has 5 rings (SSSR count). The molecule has 3 aromatic heterocycles. The Labute approximate surface area is 212 Å². The van der Waals surface area contributed by atoms with Gasteiger partial charge >= 0.3 is 5.69 Å². The maximum Gasteiger partial charge on any atom is 0.329 e. The van der Waals surface area contributed by atoms with Crippen LogP contribution in [0, 0.1) is 0 Å². The van der Waals surface area contributed by atoms with E-state index in [1.165, 1.54) is 6.20 Å². The summed E-state index contributed by atoms with van der Waals surface area (Å²) in [5, 5.41) is 0.905. The van der Waals surface area contributed by atoms with Crippen molar-refractivity contribution in [2.75, 3.05) is 26.4 Å². The van der Waals surface area contributed by atoms with Crippen LogP contribution in [0.5, 0.6) is 0 Å². The van der Waals surface area contributed by atoms with Crippen LogP contribution in [0.2, 0.25) is 0 Å². The molecular formula is C26H29N7O2S. The average molecular weight is 504 g/mol. The maximum atomic E-state index is 13.4. The lowest BCUT2D eigenvalue weighted by Gasteiger charge is -2.31. The van der Waals surface area contributed by atoms with Crippen molar-refractivity contribution in [2.45, 2.75) is 18.9 Å². The van der Waals surface area contributed by atoms with Gasteiger partial charge < -0.3 is 10.3 Å². The van der Waals surface area contributed by atoms with Gasteiger partial charge in [0.1, 0.15) is 6.26 Å². The molecule has 2 unspecified atom stereocenters. The number of hydrogen-bond donors (Lipinski definition) is 1. The minimum atomic E-state index is -1.07. The first-order chi connectivity index (χ1) is 17.4. The minimum absolute atomic E-state index is 0.0595. The number of nitrogens with zero attached hydrogens (tertiary/aromatic N) is 6. The van der Waals surface area contributed by atoms with E-state index in [1.54, 1.807) is 37.3 Å². The van der Waals surface area contributed by atoms with Crippen LogP contribution in [-0.2, 0) is 18.4 Å². The Balaban J connectivity index is 1.64. The quantitative estimate of drug-likeness (QED) is 0.331. The third kappa shape index (κ3) is 4.21. The molecule has 0 aliphatic carbocycles. The second-order valence-electron chi connectivity index (χ2n) is 8.98. The van der Waals surface area contributed by atoms with Crippen molar-refractivity contribution in [1.29, 1.82) is 0 Å². The molecule has 1 aliphatic rings. The topological polar surface area (TPSA) is 117 Å². The highest BCUT2D eigenvalue weighted by molar-refractivity contribution is 7.88. The van der Waals surface area contributed by atoms with Crippen LogP contribution in [0.25, 0.3) is 38.6 Å². The zero-order valence-electron chi connectivity index (χ0n) is 20.6. The van der Waals surface area contributed by atoms with Gasteiger partial charge in [-0.3, -0.25) is 24.1 Å². The van der Waals surface area contributed by atoms with Gasteiger partial charge in [0.05, 0.1) is 41.0 Å². The van der Waals surface area contributed by atoms with Gasteiger partial charge in [-0.2, -0.15) is 0 Å². The van der Waals surface area contributed by atoms with Gasteiger partial charge in [-0.25, -0.2) is 4.79 Å². The van der Waals surface area contributed by atoms with Crippen molar-refractivity contribution in [3.8, 4) is 11.1 Å². The lowest BCUT2D eigenvalue weighted by molar-refractivity contribution is 0.267. The maximum absolute atomic E-state index is 13.4. The highest BCUT2D eigenvalue weighted by Crippen LogP contribution is 2.32. The van der Waals surface area contributed by atoms with E-state index in [0.717, 1.165) is 63.7 Å². The SMILES string of the molecule is CN=CC(=CN)c1ccc(-c2ccc3ncc4c(c3c2)n(C2CCCN([S+](C)[O-])C2)c(=O)n4C)cn1. The molecular weight excluding hydrogens is 474 g/mol. The van der Waals surface area contributed by atoms with Gasteiger partial charge in [0.15, 0.2) is 0 Å². The fourth-order valence-corrected chi connectivity index (χ4v) is 5.75. The number of aliphatic imine (C=N–C) groups is 1. The number of rotatable bonds is 5. The number of fused-ring (bicyclic) bond motifs is 3. The average Bonchev–Trinajstić information content (AvgIpc) is 3.17. The van der Waals surface area contributed by atoms with E-state index in [1.807, 2.05) is 39.3 Å². The molecule has 9 nitrogen and oxygen atoms in total. The second-order valence-corrected chi connectivity index (χ2v) is 10.3. The van der Waals surface area contributed by atoms with Gasteiger partial charge in [0, 0.05) is 67.1 Å². The van der Waals surface area contributed by atoms with Crippen LogP contribution >= 0.6 is 0 Å². The van der Waals surface area contributed by atoms with Crippen molar-refractivity contribution in [1.82, 2.24) is 23.4 Å². The zero-order chi connectivity index (χ0) is 25.4. The number of benzene rings is 1. The Morgan fingerprint density at radius 1 is 1.22 bits per heavy atom. The number of imidazole rings is 1. The minimum Gasteiger partial charge on any atom is -0.598 e. The predicted molar refractivity (Wildman–Crippen MR) is 146 cm³/mol. The molecule has 0 amide bonds. The lowest BCUT2D eigenvalue weighted by atomic mass is 10.0. The van der Waals surface area contributed by atoms with Crippen molar-refractivity contribution in [2.24, 2.45) is 17.8 Å². The Bertz CT molecular complexity index is 1540. The molecule has 2 atom stereocenters. The molecule has 36 heavy (non-hydrogen) atoms. The Kier molecular flexibility index (Phi) is 6.65. The Morgan fingerprint density at radius 2 is 2.03 bits per heavy atom. The highest BCUT2D eigenvalue weighted by atomic mass is 32.2. The van der Waals surface area contributed by atoms with Crippen LogP contribution in [0.4, 0.5) is 0 Å². The standard InChI is InChI=1S/C26H29N7O2S/c1-28-13-19(12-27)22-8-7-18(14-29-22)17-6-9-23-21(11-17)25-24(15-30-23)31(2)26(34)33(25)20-5-4-10-32(16-20)36(3)35/h6-9,11-15,20H,4-5,10,16,27H2,1-3H3. The van der Waals surface area contributed by atoms with E-state index >= 15 is 0 Å². The summed E-state index contributed by atoms with van der Waals surface area (Å²) in [6.45, 7) is 1.36. The molecule has 0 radical (unpaired) electrons. The van der Waals surface area contributed by atoms with Crippen LogP contribution in [0.3, 0.4) is 0 Å². The van der Waals surface area contributed by atoms with E-state index in [0.29, 0.717) is 6.54 Å². The lowest BCUT2D eigenvalue weighted by Crippen LogP contribution is -2.42. The van der Waals surface area contributed by atoms with Crippen LogP contribution < -0.4 is 11.4 Å². The highest BCUT2D eigenvalue weighted by Gasteiger charge is 2.30. The molecule has 186 valence electrons. The van der Waals surface area contributed by atoms with Gasteiger partial charge in [-0.1, -0.05) is 12.1 Å². The Morgan fingerprint density at radius 3 is 2.72 bits per heavy atom. The number of piperidine rings is 1. The number of aryl methyl sites for hydroxylation is 1.